The molecule has 1 N–H and O–H groups in total. The van der Waals surface area contributed by atoms with E-state index >= 15 is 0 Å². The number of sulfonamides is 1. The van der Waals surface area contributed by atoms with Crippen molar-refractivity contribution in [3.8, 4) is 0 Å². The molecule has 1 saturated carbocycles. The first-order valence-electron chi connectivity index (χ1n) is 14.3. The van der Waals surface area contributed by atoms with E-state index in [-0.39, 0.29) is 23.4 Å². The van der Waals surface area contributed by atoms with Crippen LogP contribution in [0.3, 0.4) is 0 Å². The van der Waals surface area contributed by atoms with Crippen LogP contribution in [0.15, 0.2) is 89.8 Å². The van der Waals surface area contributed by atoms with Crippen molar-refractivity contribution in [2.24, 2.45) is 0 Å². The largest absolute Gasteiger partial charge is 0.352 e. The van der Waals surface area contributed by atoms with Crippen LogP contribution in [0.25, 0.3) is 0 Å². The van der Waals surface area contributed by atoms with Crippen molar-refractivity contribution < 1.29 is 22.4 Å². The molecule has 0 aromatic heterocycles. The number of amides is 2. The van der Waals surface area contributed by atoms with Gasteiger partial charge >= 0.3 is 0 Å². The number of hydrogen-bond acceptors (Lipinski definition) is 4. The van der Waals surface area contributed by atoms with Gasteiger partial charge in [-0.05, 0) is 67.6 Å². The number of carbonyl (C=O) groups excluding carboxylic acids is 2. The van der Waals surface area contributed by atoms with E-state index < -0.39 is 34.3 Å². The topological polar surface area (TPSA) is 86.8 Å². The number of halogens is 1. The van der Waals surface area contributed by atoms with E-state index in [0.29, 0.717) is 18.5 Å². The van der Waals surface area contributed by atoms with Gasteiger partial charge in [-0.3, -0.25) is 13.9 Å². The van der Waals surface area contributed by atoms with Gasteiger partial charge in [-0.1, -0.05) is 74.7 Å². The molecule has 0 bridgehead atoms. The Balaban J connectivity index is 1.64. The Bertz CT molecular complexity index is 1380. The van der Waals surface area contributed by atoms with Gasteiger partial charge in [-0.15, -0.1) is 0 Å². The summed E-state index contributed by atoms with van der Waals surface area (Å²) in [6.07, 6.45) is 6.00. The van der Waals surface area contributed by atoms with Gasteiger partial charge in [0.15, 0.2) is 0 Å². The highest BCUT2D eigenvalue weighted by molar-refractivity contribution is 7.92. The van der Waals surface area contributed by atoms with Crippen molar-refractivity contribution >= 4 is 27.5 Å². The molecule has 3 aromatic carbocycles. The first-order chi connectivity index (χ1) is 19.8. The third-order valence-corrected chi connectivity index (χ3v) is 9.33. The molecule has 2 amide bonds. The summed E-state index contributed by atoms with van der Waals surface area (Å²) in [5, 5.41) is 3.15. The monoisotopic (exact) mass is 579 g/mol. The molecule has 0 aliphatic heterocycles. The number of benzene rings is 3. The lowest BCUT2D eigenvalue weighted by Gasteiger charge is -2.34. The Labute approximate surface area is 242 Å². The highest BCUT2D eigenvalue weighted by Crippen LogP contribution is 2.25. The summed E-state index contributed by atoms with van der Waals surface area (Å²) in [6, 6.07) is 21.9. The van der Waals surface area contributed by atoms with Crippen LogP contribution in [0.4, 0.5) is 10.1 Å². The number of carbonyl (C=O) groups is 2. The van der Waals surface area contributed by atoms with Gasteiger partial charge in [-0.25, -0.2) is 12.8 Å². The molecule has 4 rings (SSSR count). The Morgan fingerprint density at radius 1 is 0.902 bits per heavy atom. The second-order valence-corrected chi connectivity index (χ2v) is 12.3. The molecule has 0 spiro atoms. The molecule has 0 heterocycles. The van der Waals surface area contributed by atoms with Gasteiger partial charge in [0.05, 0.1) is 10.6 Å². The maximum absolute atomic E-state index is 14.1. The van der Waals surface area contributed by atoms with Crippen molar-refractivity contribution in [3.05, 3.63) is 96.3 Å². The fourth-order valence-corrected chi connectivity index (χ4v) is 6.71. The average molecular weight is 580 g/mol. The number of nitrogens with one attached hydrogen (secondary N) is 1. The zero-order chi connectivity index (χ0) is 29.2. The molecule has 0 radical (unpaired) electrons. The molecule has 218 valence electrons. The molecular formula is C32H38FN3O4S. The summed E-state index contributed by atoms with van der Waals surface area (Å²) < 4.78 is 42.2. The van der Waals surface area contributed by atoms with Crippen molar-refractivity contribution in [2.45, 2.75) is 68.8 Å². The normalized spacial score (nSPS) is 14.7. The maximum atomic E-state index is 14.1. The van der Waals surface area contributed by atoms with Crippen molar-refractivity contribution in [1.29, 1.82) is 0 Å². The SMILES string of the molecule is CCC(C(=O)NC1CCCCC1)N(CCc1ccccc1)C(=O)CN(c1ccccc1)S(=O)(=O)c1ccc(F)cc1. The Kier molecular flexibility index (Phi) is 10.5. The Hall–Kier alpha value is -3.72. The highest BCUT2D eigenvalue weighted by Gasteiger charge is 2.34. The smallest absolute Gasteiger partial charge is 0.264 e. The molecule has 7 nitrogen and oxygen atoms in total. The van der Waals surface area contributed by atoms with Crippen LogP contribution in [0, 0.1) is 5.82 Å². The number of nitrogens with zero attached hydrogens (tertiary/aromatic N) is 2. The lowest BCUT2D eigenvalue weighted by atomic mass is 9.95. The number of hydrogen-bond donors (Lipinski definition) is 1. The average Bonchev–Trinajstić information content (AvgIpc) is 2.99. The molecule has 41 heavy (non-hydrogen) atoms. The predicted molar refractivity (Wildman–Crippen MR) is 158 cm³/mol. The summed E-state index contributed by atoms with van der Waals surface area (Å²) in [6.45, 7) is 1.60. The van der Waals surface area contributed by atoms with Crippen molar-refractivity contribution in [3.63, 3.8) is 0 Å². The van der Waals surface area contributed by atoms with Crippen LogP contribution in [0.2, 0.25) is 0 Å². The van der Waals surface area contributed by atoms with Crippen LogP contribution < -0.4 is 9.62 Å². The maximum Gasteiger partial charge on any atom is 0.264 e. The third-order valence-electron chi connectivity index (χ3n) is 7.55. The lowest BCUT2D eigenvalue weighted by Crippen LogP contribution is -2.54. The Morgan fingerprint density at radius 3 is 2.12 bits per heavy atom. The molecule has 1 atom stereocenters. The van der Waals surface area contributed by atoms with E-state index in [0.717, 1.165) is 54.1 Å². The molecule has 1 aliphatic rings. The van der Waals surface area contributed by atoms with E-state index in [1.54, 1.807) is 30.3 Å². The highest BCUT2D eigenvalue weighted by atomic mass is 32.2. The van der Waals surface area contributed by atoms with Crippen LogP contribution in [0.5, 0.6) is 0 Å². The fourth-order valence-electron chi connectivity index (χ4n) is 5.30. The van der Waals surface area contributed by atoms with Gasteiger partial charge in [-0.2, -0.15) is 0 Å². The number of para-hydroxylation sites is 1. The molecule has 0 saturated heterocycles. The summed E-state index contributed by atoms with van der Waals surface area (Å²) in [5.74, 6) is -1.26. The summed E-state index contributed by atoms with van der Waals surface area (Å²) in [4.78, 5) is 29.0. The Morgan fingerprint density at radius 2 is 1.51 bits per heavy atom. The molecule has 1 aliphatic carbocycles. The van der Waals surface area contributed by atoms with Crippen molar-refractivity contribution in [2.75, 3.05) is 17.4 Å². The van der Waals surface area contributed by atoms with Crippen LogP contribution in [-0.4, -0.2) is 50.3 Å². The first-order valence-corrected chi connectivity index (χ1v) is 15.7. The minimum Gasteiger partial charge on any atom is -0.352 e. The van der Waals surface area contributed by atoms with Gasteiger partial charge in [0.1, 0.15) is 18.4 Å². The lowest BCUT2D eigenvalue weighted by molar-refractivity contribution is -0.140. The minimum absolute atomic E-state index is 0.0797. The van der Waals surface area contributed by atoms with Gasteiger partial charge in [0.25, 0.3) is 10.0 Å². The van der Waals surface area contributed by atoms with Crippen LogP contribution >= 0.6 is 0 Å². The van der Waals surface area contributed by atoms with Crippen LogP contribution in [-0.2, 0) is 26.0 Å². The van der Waals surface area contributed by atoms with Gasteiger partial charge < -0.3 is 10.2 Å². The summed E-state index contributed by atoms with van der Waals surface area (Å²) in [7, 11) is -4.22. The minimum atomic E-state index is -4.22. The van der Waals surface area contributed by atoms with E-state index in [2.05, 4.69) is 5.32 Å². The summed E-state index contributed by atoms with van der Waals surface area (Å²) in [5.41, 5.74) is 1.31. The van der Waals surface area contributed by atoms with E-state index in [1.807, 2.05) is 37.3 Å². The van der Waals surface area contributed by atoms with E-state index in [4.69, 9.17) is 0 Å². The molecule has 1 unspecified atom stereocenters. The zero-order valence-electron chi connectivity index (χ0n) is 23.4. The standard InChI is InChI=1S/C32H38FN3O4S/c1-2-30(32(38)34-27-14-8-4-9-15-27)35(23-22-25-12-6-3-7-13-25)31(37)24-36(28-16-10-5-11-17-28)41(39,40)29-20-18-26(33)19-21-29/h3,5-7,10-13,16-21,27,30H,2,4,8-9,14-15,22-24H2,1H3,(H,34,38). The molecule has 3 aromatic rings. The van der Waals surface area contributed by atoms with Gasteiger partial charge in [0, 0.05) is 12.6 Å². The second-order valence-electron chi connectivity index (χ2n) is 10.4. The second kappa shape index (κ2) is 14.3. The van der Waals surface area contributed by atoms with E-state index in [9.17, 15) is 22.4 Å². The molecule has 1 fully saturated rings. The van der Waals surface area contributed by atoms with Crippen molar-refractivity contribution in [1.82, 2.24) is 10.2 Å². The number of anilines is 1. The first kappa shape index (κ1) is 30.2. The van der Waals surface area contributed by atoms with E-state index in [1.165, 1.54) is 17.0 Å². The zero-order valence-corrected chi connectivity index (χ0v) is 24.2. The van der Waals surface area contributed by atoms with Gasteiger partial charge in [0.2, 0.25) is 11.8 Å². The fraction of sp³-hybridized carbons (Fsp3) is 0.375. The van der Waals surface area contributed by atoms with Crippen LogP contribution in [0.1, 0.15) is 51.0 Å². The number of rotatable bonds is 12. The molecule has 9 heteroatoms. The summed E-state index contributed by atoms with van der Waals surface area (Å²) >= 11 is 0. The molecular weight excluding hydrogens is 541 g/mol. The quantitative estimate of drug-likeness (QED) is 0.315. The third kappa shape index (κ3) is 7.94. The predicted octanol–water partition coefficient (Wildman–Crippen LogP) is 5.32.